The molecule has 4 rings (SSSR count). The Morgan fingerprint density at radius 2 is 0.950 bits per heavy atom. The molecule has 2 aromatic carbocycles. The third-order valence-corrected chi connectivity index (χ3v) is 7.91. The van der Waals surface area contributed by atoms with Crippen molar-refractivity contribution in [2.75, 3.05) is 13.2 Å². The first-order valence-electron chi connectivity index (χ1n) is 13.6. The molecular formula is C34H34O4S2. The van der Waals surface area contributed by atoms with Crippen molar-refractivity contribution in [3.8, 4) is 11.5 Å². The average molecular weight is 571 g/mol. The summed E-state index contributed by atoms with van der Waals surface area (Å²) >= 11 is 3.22. The van der Waals surface area contributed by atoms with Gasteiger partial charge in [0.1, 0.15) is 11.5 Å². The van der Waals surface area contributed by atoms with Crippen LogP contribution in [0.5, 0.6) is 11.5 Å². The second-order valence-electron chi connectivity index (χ2n) is 9.29. The van der Waals surface area contributed by atoms with Crippen LogP contribution in [-0.2, 0) is 0 Å². The van der Waals surface area contributed by atoms with E-state index in [1.54, 1.807) is 34.8 Å². The lowest BCUT2D eigenvalue weighted by Gasteiger charge is -2.08. The third kappa shape index (κ3) is 10.1. The van der Waals surface area contributed by atoms with Crippen LogP contribution in [0.15, 0.2) is 95.7 Å². The topological polar surface area (TPSA) is 52.6 Å². The zero-order valence-electron chi connectivity index (χ0n) is 22.5. The minimum absolute atomic E-state index is 0.00611. The van der Waals surface area contributed by atoms with Gasteiger partial charge in [0.05, 0.1) is 13.2 Å². The predicted molar refractivity (Wildman–Crippen MR) is 167 cm³/mol. The van der Waals surface area contributed by atoms with E-state index >= 15 is 0 Å². The number of allylic oxidation sites excluding steroid dienone is 2. The molecule has 0 aliphatic heterocycles. The Balaban J connectivity index is 1.01. The van der Waals surface area contributed by atoms with E-state index in [-0.39, 0.29) is 11.6 Å². The molecule has 0 N–H and O–H groups in total. The number of ketones is 2. The van der Waals surface area contributed by atoms with Gasteiger partial charge in [-0.3, -0.25) is 9.59 Å². The van der Waals surface area contributed by atoms with Crippen LogP contribution in [0.2, 0.25) is 0 Å². The second-order valence-corrected chi connectivity index (χ2v) is 11.3. The van der Waals surface area contributed by atoms with Crippen molar-refractivity contribution in [2.45, 2.75) is 38.5 Å². The number of benzene rings is 2. The number of thiophene rings is 2. The summed E-state index contributed by atoms with van der Waals surface area (Å²) in [6, 6.07) is 22.6. The van der Waals surface area contributed by atoms with Gasteiger partial charge >= 0.3 is 0 Å². The summed E-state index contributed by atoms with van der Waals surface area (Å²) in [6.07, 6.45) is 13.5. The molecule has 0 radical (unpaired) electrons. The number of ether oxygens (including phenoxy) is 2. The molecule has 0 spiro atoms. The molecule has 206 valence electrons. The highest BCUT2D eigenvalue weighted by Crippen LogP contribution is 2.17. The normalized spacial score (nSPS) is 11.3. The van der Waals surface area contributed by atoms with Gasteiger partial charge in [0.25, 0.3) is 0 Å². The van der Waals surface area contributed by atoms with E-state index in [0.29, 0.717) is 24.3 Å². The van der Waals surface area contributed by atoms with Crippen molar-refractivity contribution in [1.29, 1.82) is 0 Å². The highest BCUT2D eigenvalue weighted by molar-refractivity contribution is 7.11. The van der Waals surface area contributed by atoms with E-state index in [1.165, 1.54) is 12.8 Å². The maximum absolute atomic E-state index is 12.3. The molecule has 40 heavy (non-hydrogen) atoms. The summed E-state index contributed by atoms with van der Waals surface area (Å²) in [5.41, 5.74) is 1.32. The van der Waals surface area contributed by atoms with Gasteiger partial charge in [-0.05, 0) is 109 Å². The summed E-state index contributed by atoms with van der Waals surface area (Å²) in [5, 5.41) is 3.99. The van der Waals surface area contributed by atoms with E-state index in [0.717, 1.165) is 46.9 Å². The van der Waals surface area contributed by atoms with Gasteiger partial charge in [-0.2, -0.15) is 0 Å². The van der Waals surface area contributed by atoms with Crippen LogP contribution in [-0.4, -0.2) is 24.8 Å². The van der Waals surface area contributed by atoms with Gasteiger partial charge in [-0.15, -0.1) is 22.7 Å². The lowest BCUT2D eigenvalue weighted by atomic mass is 10.1. The number of unbranched alkanes of at least 4 members (excludes halogenated alkanes) is 5. The Morgan fingerprint density at radius 1 is 0.550 bits per heavy atom. The third-order valence-electron chi connectivity index (χ3n) is 6.24. The second kappa shape index (κ2) is 16.4. The Labute approximate surface area is 244 Å². The Bertz CT molecular complexity index is 1240. The van der Waals surface area contributed by atoms with Crippen LogP contribution in [0.25, 0.3) is 12.2 Å². The molecule has 6 heteroatoms. The van der Waals surface area contributed by atoms with Gasteiger partial charge in [-0.25, -0.2) is 0 Å². The molecule has 0 saturated heterocycles. The van der Waals surface area contributed by atoms with Crippen LogP contribution in [0.3, 0.4) is 0 Å². The van der Waals surface area contributed by atoms with E-state index < -0.39 is 0 Å². The van der Waals surface area contributed by atoms with Crippen molar-refractivity contribution in [3.63, 3.8) is 0 Å². The first-order valence-corrected chi connectivity index (χ1v) is 15.4. The minimum Gasteiger partial charge on any atom is -0.494 e. The molecule has 0 fully saturated rings. The number of carbonyl (C=O) groups is 2. The summed E-state index contributed by atoms with van der Waals surface area (Å²) in [7, 11) is 0. The fourth-order valence-electron chi connectivity index (χ4n) is 4.00. The summed E-state index contributed by atoms with van der Waals surface area (Å²) in [5.74, 6) is 1.58. The molecular weight excluding hydrogens is 537 g/mol. The van der Waals surface area contributed by atoms with Gasteiger partial charge in [0.2, 0.25) is 0 Å². The average Bonchev–Trinajstić information content (AvgIpc) is 3.71. The molecule has 4 nitrogen and oxygen atoms in total. The van der Waals surface area contributed by atoms with E-state index in [2.05, 4.69) is 0 Å². The highest BCUT2D eigenvalue weighted by atomic mass is 32.1. The molecule has 0 bridgehead atoms. The first kappa shape index (κ1) is 29.2. The molecule has 0 aliphatic rings. The van der Waals surface area contributed by atoms with Crippen LogP contribution >= 0.6 is 22.7 Å². The van der Waals surface area contributed by atoms with Gasteiger partial charge in [0, 0.05) is 20.9 Å². The molecule has 0 saturated carbocycles. The Morgan fingerprint density at radius 3 is 1.32 bits per heavy atom. The van der Waals surface area contributed by atoms with Crippen molar-refractivity contribution < 1.29 is 19.1 Å². The Hall–Kier alpha value is -3.74. The molecule has 4 aromatic rings. The first-order chi connectivity index (χ1) is 19.7. The maximum Gasteiger partial charge on any atom is 0.185 e. The highest BCUT2D eigenvalue weighted by Gasteiger charge is 2.04. The molecule has 2 heterocycles. The van der Waals surface area contributed by atoms with Crippen LogP contribution in [0, 0.1) is 0 Å². The largest absolute Gasteiger partial charge is 0.494 e. The fourth-order valence-corrected chi connectivity index (χ4v) is 5.24. The van der Waals surface area contributed by atoms with Gasteiger partial charge < -0.3 is 9.47 Å². The number of carbonyl (C=O) groups excluding carboxylic acids is 2. The SMILES string of the molecule is O=C(/C=C/c1cccs1)c1ccc(OCCCCCCCCOc2ccc(C(=O)/C=C/c3cccs3)cc2)cc1. The van der Waals surface area contributed by atoms with Crippen LogP contribution < -0.4 is 9.47 Å². The van der Waals surface area contributed by atoms with Crippen molar-refractivity contribution >= 4 is 46.4 Å². The molecule has 0 amide bonds. The van der Waals surface area contributed by atoms with E-state index in [9.17, 15) is 9.59 Å². The lowest BCUT2D eigenvalue weighted by Crippen LogP contribution is -2.00. The number of hydrogen-bond acceptors (Lipinski definition) is 6. The molecule has 0 aliphatic carbocycles. The van der Waals surface area contributed by atoms with Gasteiger partial charge in [-0.1, -0.05) is 37.8 Å². The van der Waals surface area contributed by atoms with Crippen molar-refractivity contribution in [2.24, 2.45) is 0 Å². The van der Waals surface area contributed by atoms with Gasteiger partial charge in [0.15, 0.2) is 11.6 Å². The smallest absolute Gasteiger partial charge is 0.185 e. The van der Waals surface area contributed by atoms with Crippen molar-refractivity contribution in [1.82, 2.24) is 0 Å². The monoisotopic (exact) mass is 570 g/mol. The lowest BCUT2D eigenvalue weighted by molar-refractivity contribution is 0.103. The minimum atomic E-state index is -0.00611. The fraction of sp³-hybridized carbons (Fsp3) is 0.235. The van der Waals surface area contributed by atoms with Crippen LogP contribution in [0.4, 0.5) is 0 Å². The Kier molecular flexibility index (Phi) is 12.0. The van der Waals surface area contributed by atoms with Crippen molar-refractivity contribution in [3.05, 3.63) is 117 Å². The molecule has 0 unspecified atom stereocenters. The zero-order valence-corrected chi connectivity index (χ0v) is 24.1. The standard InChI is InChI=1S/C34H34O4S2/c35-33(21-19-31-9-7-25-39-31)27-11-15-29(16-12-27)37-23-5-3-1-2-4-6-24-38-30-17-13-28(14-18-30)34(36)22-20-32-10-8-26-40-32/h7-22,25-26H,1-6,23-24H2/b21-19+,22-20+. The van der Waals surface area contributed by atoms with E-state index in [1.807, 2.05) is 95.7 Å². The predicted octanol–water partition coefficient (Wildman–Crippen LogP) is 9.40. The number of hydrogen-bond donors (Lipinski definition) is 0. The zero-order chi connectivity index (χ0) is 27.8. The van der Waals surface area contributed by atoms with E-state index in [4.69, 9.17) is 9.47 Å². The summed E-state index contributed by atoms with van der Waals surface area (Å²) in [6.45, 7) is 1.36. The molecule has 0 atom stereocenters. The summed E-state index contributed by atoms with van der Waals surface area (Å²) in [4.78, 5) is 26.7. The quantitative estimate of drug-likeness (QED) is 0.0721. The molecule has 2 aromatic heterocycles. The maximum atomic E-state index is 12.3. The van der Waals surface area contributed by atoms with Crippen LogP contribution in [0.1, 0.15) is 69.0 Å². The number of rotatable bonds is 17. The summed E-state index contributed by atoms with van der Waals surface area (Å²) < 4.78 is 11.7.